The summed E-state index contributed by atoms with van der Waals surface area (Å²) < 4.78 is 11.1. The summed E-state index contributed by atoms with van der Waals surface area (Å²) in [5.74, 6) is 2.01. The van der Waals surface area contributed by atoms with Gasteiger partial charge in [0, 0.05) is 16.3 Å². The molecular formula is C15H13Cl2NO2S. The van der Waals surface area contributed by atoms with Gasteiger partial charge in [0.25, 0.3) is 0 Å². The number of anilines is 1. The average Bonchev–Trinajstić information content (AvgIpc) is 2.47. The molecule has 0 spiro atoms. The fraction of sp³-hybridized carbons (Fsp3) is 0.200. The molecule has 0 amide bonds. The highest BCUT2D eigenvalue weighted by molar-refractivity contribution is 7.98. The van der Waals surface area contributed by atoms with Gasteiger partial charge in [-0.25, -0.2) is 0 Å². The summed E-state index contributed by atoms with van der Waals surface area (Å²) in [5.41, 5.74) is 7.66. The molecule has 2 N–H and O–H groups in total. The van der Waals surface area contributed by atoms with Crippen LogP contribution in [0, 0.1) is 0 Å². The summed E-state index contributed by atoms with van der Waals surface area (Å²) in [6.45, 7) is 1.06. The molecule has 3 rings (SSSR count). The van der Waals surface area contributed by atoms with Gasteiger partial charge in [0.05, 0.1) is 10.0 Å². The van der Waals surface area contributed by atoms with Crippen molar-refractivity contribution in [1.82, 2.24) is 0 Å². The molecule has 0 unspecified atom stereocenters. The third-order valence-electron chi connectivity index (χ3n) is 3.04. The van der Waals surface area contributed by atoms with Crippen molar-refractivity contribution in [3.05, 3.63) is 45.9 Å². The lowest BCUT2D eigenvalue weighted by Crippen LogP contribution is -2.15. The van der Waals surface area contributed by atoms with Crippen LogP contribution in [0.15, 0.2) is 35.2 Å². The molecule has 2 aromatic rings. The van der Waals surface area contributed by atoms with Crippen molar-refractivity contribution < 1.29 is 9.47 Å². The van der Waals surface area contributed by atoms with Gasteiger partial charge in [0.2, 0.25) is 0 Å². The van der Waals surface area contributed by atoms with Gasteiger partial charge < -0.3 is 15.2 Å². The van der Waals surface area contributed by atoms with Gasteiger partial charge in [-0.1, -0.05) is 29.3 Å². The van der Waals surface area contributed by atoms with Crippen molar-refractivity contribution in [2.45, 2.75) is 10.6 Å². The first-order valence-corrected chi connectivity index (χ1v) is 8.14. The number of nitrogen functional groups attached to an aromatic ring is 1. The van der Waals surface area contributed by atoms with Crippen LogP contribution in [0.3, 0.4) is 0 Å². The molecule has 6 heteroatoms. The Bertz CT molecular complexity index is 659. The summed E-state index contributed by atoms with van der Waals surface area (Å²) in [4.78, 5) is 0.880. The molecule has 110 valence electrons. The highest BCUT2D eigenvalue weighted by Gasteiger charge is 2.17. The lowest BCUT2D eigenvalue weighted by atomic mass is 10.2. The molecule has 0 saturated heterocycles. The van der Waals surface area contributed by atoms with Crippen LogP contribution in [0.2, 0.25) is 10.0 Å². The highest BCUT2D eigenvalue weighted by Crippen LogP contribution is 2.41. The standard InChI is InChI=1S/C15H13Cl2NO2S/c16-10-2-1-3-12(18)15(10)21-8-9-6-11(17)14-13(7-9)19-4-5-20-14/h1-3,6-7H,4-5,8,18H2. The van der Waals surface area contributed by atoms with E-state index in [2.05, 4.69) is 0 Å². The van der Waals surface area contributed by atoms with E-state index in [0.29, 0.717) is 46.2 Å². The minimum Gasteiger partial charge on any atom is -0.486 e. The molecule has 0 radical (unpaired) electrons. The minimum absolute atomic E-state index is 0.525. The quantitative estimate of drug-likeness (QED) is 0.652. The van der Waals surface area contributed by atoms with Gasteiger partial charge in [0.15, 0.2) is 11.5 Å². The van der Waals surface area contributed by atoms with Crippen LogP contribution in [0.4, 0.5) is 5.69 Å². The Morgan fingerprint density at radius 2 is 1.90 bits per heavy atom. The SMILES string of the molecule is Nc1cccc(Cl)c1SCc1cc(Cl)c2c(c1)OCCO2. The summed E-state index contributed by atoms with van der Waals surface area (Å²) in [6.07, 6.45) is 0. The molecule has 1 aliphatic heterocycles. The van der Waals surface area contributed by atoms with Crippen molar-refractivity contribution in [2.75, 3.05) is 18.9 Å². The lowest BCUT2D eigenvalue weighted by Gasteiger charge is -2.20. The molecule has 1 aliphatic rings. The van der Waals surface area contributed by atoms with Crippen LogP contribution in [-0.2, 0) is 5.75 Å². The van der Waals surface area contributed by atoms with Gasteiger partial charge in [-0.15, -0.1) is 11.8 Å². The van der Waals surface area contributed by atoms with E-state index in [1.54, 1.807) is 11.8 Å². The highest BCUT2D eigenvalue weighted by atomic mass is 35.5. The normalized spacial score (nSPS) is 13.2. The first kappa shape index (κ1) is 14.7. The topological polar surface area (TPSA) is 44.5 Å². The number of thioether (sulfide) groups is 1. The zero-order chi connectivity index (χ0) is 14.8. The van der Waals surface area contributed by atoms with E-state index in [1.165, 1.54) is 0 Å². The molecular weight excluding hydrogens is 329 g/mol. The molecule has 0 atom stereocenters. The molecule has 21 heavy (non-hydrogen) atoms. The number of hydrogen-bond acceptors (Lipinski definition) is 4. The third kappa shape index (κ3) is 3.18. The number of benzene rings is 2. The van der Waals surface area contributed by atoms with E-state index in [-0.39, 0.29) is 0 Å². The Kier molecular flexibility index (Phi) is 4.38. The molecule has 0 fully saturated rings. The summed E-state index contributed by atoms with van der Waals surface area (Å²) in [6, 6.07) is 9.33. The van der Waals surface area contributed by atoms with Crippen molar-refractivity contribution >= 4 is 40.7 Å². The second-order valence-electron chi connectivity index (χ2n) is 4.55. The number of halogens is 2. The largest absolute Gasteiger partial charge is 0.486 e. The van der Waals surface area contributed by atoms with E-state index < -0.39 is 0 Å². The summed E-state index contributed by atoms with van der Waals surface area (Å²) in [7, 11) is 0. The predicted molar refractivity (Wildman–Crippen MR) is 87.9 cm³/mol. The maximum Gasteiger partial charge on any atom is 0.179 e. The third-order valence-corrected chi connectivity index (χ3v) is 4.97. The first-order valence-electron chi connectivity index (χ1n) is 6.40. The Morgan fingerprint density at radius 3 is 2.71 bits per heavy atom. The Labute approximate surface area is 137 Å². The maximum atomic E-state index is 6.23. The molecule has 1 heterocycles. The molecule has 0 saturated carbocycles. The van der Waals surface area contributed by atoms with E-state index >= 15 is 0 Å². The van der Waals surface area contributed by atoms with E-state index in [0.717, 1.165) is 10.5 Å². The van der Waals surface area contributed by atoms with Crippen LogP contribution in [-0.4, -0.2) is 13.2 Å². The zero-order valence-electron chi connectivity index (χ0n) is 11.1. The van der Waals surface area contributed by atoms with Crippen LogP contribution >= 0.6 is 35.0 Å². The number of ether oxygens (including phenoxy) is 2. The van der Waals surface area contributed by atoms with Crippen molar-refractivity contribution in [1.29, 1.82) is 0 Å². The van der Waals surface area contributed by atoms with Crippen LogP contribution in [0.1, 0.15) is 5.56 Å². The Balaban J connectivity index is 1.81. The summed E-state index contributed by atoms with van der Waals surface area (Å²) in [5, 5.41) is 1.22. The first-order chi connectivity index (χ1) is 10.1. The van der Waals surface area contributed by atoms with Gasteiger partial charge in [-0.05, 0) is 29.8 Å². The molecule has 0 aliphatic carbocycles. The number of nitrogens with two attached hydrogens (primary N) is 1. The second-order valence-corrected chi connectivity index (χ2v) is 6.35. The molecule has 2 aromatic carbocycles. The number of fused-ring (bicyclic) bond motifs is 1. The van der Waals surface area contributed by atoms with Gasteiger partial charge >= 0.3 is 0 Å². The molecule has 0 bridgehead atoms. The zero-order valence-corrected chi connectivity index (χ0v) is 13.4. The van der Waals surface area contributed by atoms with Gasteiger partial charge in [-0.3, -0.25) is 0 Å². The minimum atomic E-state index is 0.525. The number of rotatable bonds is 3. The number of hydrogen-bond donors (Lipinski definition) is 1. The van der Waals surface area contributed by atoms with Crippen LogP contribution in [0.5, 0.6) is 11.5 Å². The van der Waals surface area contributed by atoms with Crippen molar-refractivity contribution in [3.63, 3.8) is 0 Å². The van der Waals surface area contributed by atoms with Crippen LogP contribution < -0.4 is 15.2 Å². The Hall–Kier alpha value is -1.23. The van der Waals surface area contributed by atoms with E-state index in [1.807, 2.05) is 30.3 Å². The lowest BCUT2D eigenvalue weighted by molar-refractivity contribution is 0.171. The van der Waals surface area contributed by atoms with E-state index in [4.69, 9.17) is 38.4 Å². The van der Waals surface area contributed by atoms with Gasteiger partial charge in [0.1, 0.15) is 13.2 Å². The second kappa shape index (κ2) is 6.26. The average molecular weight is 342 g/mol. The Morgan fingerprint density at radius 1 is 1.10 bits per heavy atom. The van der Waals surface area contributed by atoms with Crippen LogP contribution in [0.25, 0.3) is 0 Å². The van der Waals surface area contributed by atoms with Crippen molar-refractivity contribution in [3.8, 4) is 11.5 Å². The maximum absolute atomic E-state index is 6.23. The van der Waals surface area contributed by atoms with E-state index in [9.17, 15) is 0 Å². The fourth-order valence-electron chi connectivity index (χ4n) is 2.08. The predicted octanol–water partition coefficient (Wildman–Crippen LogP) is 4.64. The summed E-state index contributed by atoms with van der Waals surface area (Å²) >= 11 is 14.0. The molecule has 0 aromatic heterocycles. The van der Waals surface area contributed by atoms with Gasteiger partial charge in [-0.2, -0.15) is 0 Å². The van der Waals surface area contributed by atoms with Crippen molar-refractivity contribution in [2.24, 2.45) is 0 Å². The smallest absolute Gasteiger partial charge is 0.179 e. The fourth-order valence-corrected chi connectivity index (χ4v) is 3.63. The monoisotopic (exact) mass is 341 g/mol. The molecule has 3 nitrogen and oxygen atoms in total.